The molecule has 27 heavy (non-hydrogen) atoms. The number of carbonyl (C=O) groups excluding carboxylic acids is 1. The number of piperazine rings is 1. The van der Waals surface area contributed by atoms with Gasteiger partial charge in [0.1, 0.15) is 11.6 Å². The van der Waals surface area contributed by atoms with E-state index in [1.807, 2.05) is 0 Å². The van der Waals surface area contributed by atoms with Crippen molar-refractivity contribution in [2.45, 2.75) is 0 Å². The van der Waals surface area contributed by atoms with Crippen LogP contribution in [0.25, 0.3) is 0 Å². The third-order valence-electron chi connectivity index (χ3n) is 3.83. The number of nitrogens with one attached hydrogen (secondary N) is 1. The highest BCUT2D eigenvalue weighted by molar-refractivity contribution is 7.88. The first-order valence-corrected chi connectivity index (χ1v) is 9.91. The summed E-state index contributed by atoms with van der Waals surface area (Å²) < 4.78 is 24.3. The molecule has 1 amide bonds. The van der Waals surface area contributed by atoms with E-state index in [0.717, 1.165) is 12.3 Å². The largest absolute Gasteiger partial charge is 0.373 e. The van der Waals surface area contributed by atoms with Crippen molar-refractivity contribution in [3.8, 4) is 6.07 Å². The van der Waals surface area contributed by atoms with Gasteiger partial charge in [-0.15, -0.1) is 0 Å². The van der Waals surface area contributed by atoms with Crippen molar-refractivity contribution in [2.75, 3.05) is 37.8 Å². The lowest BCUT2D eigenvalue weighted by molar-refractivity contribution is -0.384. The van der Waals surface area contributed by atoms with Gasteiger partial charge in [0.2, 0.25) is 10.0 Å². The lowest BCUT2D eigenvalue weighted by Gasteiger charge is -2.32. The number of nitro benzene ring substituents is 1. The predicted molar refractivity (Wildman–Crippen MR) is 98.4 cm³/mol. The maximum atomic E-state index is 12.3. The number of hydrogen-bond acceptors (Lipinski definition) is 7. The summed E-state index contributed by atoms with van der Waals surface area (Å²) in [7, 11) is -3.28. The first kappa shape index (κ1) is 20.6. The molecule has 1 aliphatic heterocycles. The number of carbonyl (C=O) groups is 1. The summed E-state index contributed by atoms with van der Waals surface area (Å²) in [5, 5.41) is 22.5. The molecule has 0 bridgehead atoms. The number of nitrogens with zero attached hydrogens (tertiary/aromatic N) is 4. The highest BCUT2D eigenvalue weighted by Gasteiger charge is 2.23. The molecule has 2 rings (SSSR count). The van der Waals surface area contributed by atoms with Gasteiger partial charge >= 0.3 is 0 Å². The Hall–Kier alpha value is -2.68. The summed E-state index contributed by atoms with van der Waals surface area (Å²) in [4.78, 5) is 24.2. The summed E-state index contributed by atoms with van der Waals surface area (Å²) in [6.45, 7) is 1.13. The van der Waals surface area contributed by atoms with E-state index >= 15 is 0 Å². The first-order valence-electron chi connectivity index (χ1n) is 7.68. The summed E-state index contributed by atoms with van der Waals surface area (Å²) in [5.74, 6) is -0.773. The Morgan fingerprint density at radius 2 is 2.00 bits per heavy atom. The van der Waals surface area contributed by atoms with Gasteiger partial charge in [-0.3, -0.25) is 14.9 Å². The van der Waals surface area contributed by atoms with Crippen molar-refractivity contribution in [1.82, 2.24) is 9.21 Å². The monoisotopic (exact) mass is 413 g/mol. The normalized spacial score (nSPS) is 15.9. The molecule has 1 N–H and O–H groups in total. The van der Waals surface area contributed by atoms with Gasteiger partial charge in [-0.05, 0) is 6.07 Å². The first-order chi connectivity index (χ1) is 12.6. The Labute approximate surface area is 160 Å². The molecule has 0 radical (unpaired) electrons. The van der Waals surface area contributed by atoms with E-state index in [2.05, 4.69) is 5.32 Å². The van der Waals surface area contributed by atoms with Crippen molar-refractivity contribution in [1.29, 1.82) is 5.26 Å². The van der Waals surface area contributed by atoms with Gasteiger partial charge in [0.05, 0.1) is 21.9 Å². The minimum Gasteiger partial charge on any atom is -0.373 e. The highest BCUT2D eigenvalue weighted by Crippen LogP contribution is 2.27. The molecule has 12 heteroatoms. The minimum absolute atomic E-state index is 0.0129. The standard InChI is InChI=1S/C15H16ClN5O5S/c1-27(25,26)20-6-4-19(5-7-20)10-11(9-17)15(22)18-14-8-12(21(23)24)2-3-13(14)16/h2-3,8,10H,4-7H2,1H3,(H,18,22)/b11-10-. The van der Waals surface area contributed by atoms with Crippen LogP contribution in [0.4, 0.5) is 11.4 Å². The molecule has 10 nitrogen and oxygen atoms in total. The number of nitriles is 1. The molecule has 1 aromatic rings. The molecule has 0 aliphatic carbocycles. The Bertz CT molecular complexity index is 932. The van der Waals surface area contributed by atoms with Gasteiger partial charge in [0.25, 0.3) is 11.6 Å². The molecule has 1 saturated heterocycles. The van der Waals surface area contributed by atoms with Crippen LogP contribution in [-0.2, 0) is 14.8 Å². The molecular weight excluding hydrogens is 398 g/mol. The van der Waals surface area contributed by atoms with Crippen LogP contribution in [0.5, 0.6) is 0 Å². The molecular formula is C15H16ClN5O5S. The quantitative estimate of drug-likeness (QED) is 0.331. The fraction of sp³-hybridized carbons (Fsp3) is 0.333. The zero-order chi connectivity index (χ0) is 20.2. The summed E-state index contributed by atoms with van der Waals surface area (Å²) in [6, 6.07) is 5.33. The van der Waals surface area contributed by atoms with Gasteiger partial charge in [0.15, 0.2) is 0 Å². The van der Waals surface area contributed by atoms with Gasteiger partial charge in [0, 0.05) is 44.5 Å². The van der Waals surface area contributed by atoms with Crippen LogP contribution in [0, 0.1) is 21.4 Å². The molecule has 1 heterocycles. The van der Waals surface area contributed by atoms with Crippen molar-refractivity contribution < 1.29 is 18.1 Å². The number of amides is 1. The van der Waals surface area contributed by atoms with Crippen LogP contribution in [0.1, 0.15) is 0 Å². The number of halogens is 1. The predicted octanol–water partition coefficient (Wildman–Crippen LogP) is 1.17. The number of rotatable bonds is 5. The Balaban J connectivity index is 2.11. The fourth-order valence-electron chi connectivity index (χ4n) is 2.40. The molecule has 1 aliphatic rings. The molecule has 0 unspecified atom stereocenters. The average Bonchev–Trinajstić information content (AvgIpc) is 2.60. The number of nitro groups is 1. The maximum absolute atomic E-state index is 12.3. The van der Waals surface area contributed by atoms with E-state index in [-0.39, 0.29) is 35.1 Å². The molecule has 0 saturated carbocycles. The SMILES string of the molecule is CS(=O)(=O)N1CCN(/C=C(/C#N)C(=O)Nc2cc([N+](=O)[O-])ccc2Cl)CC1. The van der Waals surface area contributed by atoms with E-state index in [1.165, 1.54) is 22.6 Å². The van der Waals surface area contributed by atoms with Crippen LogP contribution in [0.2, 0.25) is 5.02 Å². The topological polar surface area (TPSA) is 137 Å². The number of anilines is 1. The summed E-state index contributed by atoms with van der Waals surface area (Å²) >= 11 is 5.93. The Morgan fingerprint density at radius 3 is 2.52 bits per heavy atom. The summed E-state index contributed by atoms with van der Waals surface area (Å²) in [5.41, 5.74) is -0.474. The maximum Gasteiger partial charge on any atom is 0.271 e. The van der Waals surface area contributed by atoms with Gasteiger partial charge in [-0.2, -0.15) is 9.57 Å². The number of sulfonamides is 1. The second-order valence-electron chi connectivity index (χ2n) is 5.73. The molecule has 1 aromatic carbocycles. The van der Waals surface area contributed by atoms with Crippen LogP contribution in [-0.4, -0.2) is 60.9 Å². The van der Waals surface area contributed by atoms with Crippen LogP contribution >= 0.6 is 11.6 Å². The Morgan fingerprint density at radius 1 is 1.37 bits per heavy atom. The molecule has 0 aromatic heterocycles. The van der Waals surface area contributed by atoms with E-state index in [4.69, 9.17) is 11.6 Å². The lowest BCUT2D eigenvalue weighted by atomic mass is 10.2. The van der Waals surface area contributed by atoms with Gasteiger partial charge in [-0.1, -0.05) is 11.6 Å². The zero-order valence-corrected chi connectivity index (χ0v) is 15.8. The number of benzene rings is 1. The third-order valence-corrected chi connectivity index (χ3v) is 5.46. The van der Waals surface area contributed by atoms with Crippen LogP contribution < -0.4 is 5.32 Å². The molecule has 0 spiro atoms. The van der Waals surface area contributed by atoms with Crippen molar-refractivity contribution in [3.05, 3.63) is 45.1 Å². The van der Waals surface area contributed by atoms with E-state index in [1.54, 1.807) is 11.0 Å². The number of non-ortho nitro benzene ring substituents is 1. The van der Waals surface area contributed by atoms with Crippen molar-refractivity contribution in [2.24, 2.45) is 0 Å². The molecule has 1 fully saturated rings. The highest BCUT2D eigenvalue weighted by atomic mass is 35.5. The van der Waals surface area contributed by atoms with Crippen molar-refractivity contribution in [3.63, 3.8) is 0 Å². The Kier molecular flexibility index (Phi) is 6.37. The van der Waals surface area contributed by atoms with E-state index < -0.39 is 20.9 Å². The van der Waals surface area contributed by atoms with Crippen molar-refractivity contribution >= 4 is 38.9 Å². The smallest absolute Gasteiger partial charge is 0.271 e. The average molecular weight is 414 g/mol. The van der Waals surface area contributed by atoms with Crippen LogP contribution in [0.3, 0.4) is 0 Å². The zero-order valence-electron chi connectivity index (χ0n) is 14.3. The van der Waals surface area contributed by atoms with Gasteiger partial charge in [-0.25, -0.2) is 8.42 Å². The fourth-order valence-corrected chi connectivity index (χ4v) is 3.39. The second-order valence-corrected chi connectivity index (χ2v) is 8.12. The van der Waals surface area contributed by atoms with E-state index in [9.17, 15) is 28.6 Å². The lowest BCUT2D eigenvalue weighted by Crippen LogP contribution is -2.46. The second kappa shape index (κ2) is 8.34. The minimum atomic E-state index is -3.28. The van der Waals surface area contributed by atoms with E-state index in [0.29, 0.717) is 13.1 Å². The molecule has 0 atom stereocenters. The van der Waals surface area contributed by atoms with Crippen LogP contribution in [0.15, 0.2) is 30.0 Å². The summed E-state index contributed by atoms with van der Waals surface area (Å²) in [6.07, 6.45) is 2.45. The third kappa shape index (κ3) is 5.40. The number of hydrogen-bond donors (Lipinski definition) is 1. The molecule has 144 valence electrons. The van der Waals surface area contributed by atoms with Gasteiger partial charge < -0.3 is 10.2 Å².